The number of aryl methyl sites for hydroxylation is 1. The summed E-state index contributed by atoms with van der Waals surface area (Å²) in [5.74, 6) is 0.774. The molecule has 1 atom stereocenters. The lowest BCUT2D eigenvalue weighted by Crippen LogP contribution is -2.38. The van der Waals surface area contributed by atoms with Crippen molar-refractivity contribution in [3.63, 3.8) is 0 Å². The zero-order chi connectivity index (χ0) is 15.5. The van der Waals surface area contributed by atoms with E-state index in [9.17, 15) is 4.79 Å². The van der Waals surface area contributed by atoms with Crippen LogP contribution in [-0.2, 0) is 11.3 Å². The zero-order valence-corrected chi connectivity index (χ0v) is 13.2. The van der Waals surface area contributed by atoms with Gasteiger partial charge in [0, 0.05) is 31.9 Å². The molecule has 0 radical (unpaired) electrons. The van der Waals surface area contributed by atoms with E-state index < -0.39 is 5.60 Å². The maximum absolute atomic E-state index is 12.0. The van der Waals surface area contributed by atoms with Gasteiger partial charge in [-0.25, -0.2) is 14.8 Å². The van der Waals surface area contributed by atoms with E-state index in [0.29, 0.717) is 13.1 Å². The molecule has 2 heterocycles. The lowest BCUT2D eigenvalue weighted by atomic mass is 10.2. The molecule has 1 aliphatic heterocycles. The van der Waals surface area contributed by atoms with Crippen LogP contribution in [-0.4, -0.2) is 45.7 Å². The highest BCUT2D eigenvalue weighted by Gasteiger charge is 2.29. The number of nitrogens with zero attached hydrogens (tertiary/aromatic N) is 3. The molecule has 116 valence electrons. The van der Waals surface area contributed by atoms with E-state index >= 15 is 0 Å². The smallest absolute Gasteiger partial charge is 0.410 e. The van der Waals surface area contributed by atoms with Gasteiger partial charge in [-0.3, -0.25) is 0 Å². The number of aromatic nitrogens is 2. The predicted molar refractivity (Wildman–Crippen MR) is 79.8 cm³/mol. The Morgan fingerprint density at radius 3 is 2.95 bits per heavy atom. The number of nitrogens with one attached hydrogen (secondary N) is 1. The van der Waals surface area contributed by atoms with E-state index in [1.54, 1.807) is 11.1 Å². The van der Waals surface area contributed by atoms with Crippen LogP contribution in [0.5, 0.6) is 0 Å². The summed E-state index contributed by atoms with van der Waals surface area (Å²) in [5, 5.41) is 3.43. The van der Waals surface area contributed by atoms with Gasteiger partial charge in [0.15, 0.2) is 0 Å². The molecule has 0 spiro atoms. The molecule has 1 saturated heterocycles. The van der Waals surface area contributed by atoms with E-state index in [4.69, 9.17) is 4.74 Å². The summed E-state index contributed by atoms with van der Waals surface area (Å²) >= 11 is 0. The molecule has 1 unspecified atom stereocenters. The van der Waals surface area contributed by atoms with Crippen LogP contribution >= 0.6 is 0 Å². The number of hydrogen-bond acceptors (Lipinski definition) is 5. The molecule has 1 fully saturated rings. The topological polar surface area (TPSA) is 67.4 Å². The van der Waals surface area contributed by atoms with Crippen molar-refractivity contribution in [3.05, 3.63) is 23.8 Å². The van der Waals surface area contributed by atoms with E-state index in [1.165, 1.54) is 0 Å². The first kappa shape index (κ1) is 15.7. The van der Waals surface area contributed by atoms with Crippen LogP contribution in [0.15, 0.2) is 12.3 Å². The molecule has 2 rings (SSSR count). The van der Waals surface area contributed by atoms with Crippen molar-refractivity contribution >= 4 is 6.09 Å². The Morgan fingerprint density at radius 1 is 1.52 bits per heavy atom. The fraction of sp³-hybridized carbons (Fsp3) is 0.667. The first-order valence-electron chi connectivity index (χ1n) is 7.33. The molecule has 1 aromatic heterocycles. The average molecular weight is 292 g/mol. The minimum atomic E-state index is -0.443. The van der Waals surface area contributed by atoms with Crippen LogP contribution in [0, 0.1) is 6.92 Å². The number of likely N-dealkylation sites (tertiary alicyclic amines) is 1. The summed E-state index contributed by atoms with van der Waals surface area (Å²) in [4.78, 5) is 22.2. The molecule has 0 saturated carbocycles. The van der Waals surface area contributed by atoms with Gasteiger partial charge >= 0.3 is 6.09 Å². The summed E-state index contributed by atoms with van der Waals surface area (Å²) in [6, 6.07) is 2.19. The second kappa shape index (κ2) is 6.39. The van der Waals surface area contributed by atoms with E-state index in [2.05, 4.69) is 15.3 Å². The number of ether oxygens (including phenoxy) is 1. The van der Waals surface area contributed by atoms with Crippen LogP contribution in [0.2, 0.25) is 0 Å². The Morgan fingerprint density at radius 2 is 2.29 bits per heavy atom. The molecule has 1 aliphatic rings. The Balaban J connectivity index is 1.79. The van der Waals surface area contributed by atoms with E-state index in [-0.39, 0.29) is 12.1 Å². The SMILES string of the molecule is Cc1nccc(CNC2CCN(C(=O)OC(C)(C)C)C2)n1. The largest absolute Gasteiger partial charge is 0.444 e. The number of amides is 1. The van der Waals surface area contributed by atoms with Crippen LogP contribution in [0.1, 0.15) is 38.7 Å². The van der Waals surface area contributed by atoms with Crippen LogP contribution in [0.3, 0.4) is 0 Å². The molecule has 1 amide bonds. The van der Waals surface area contributed by atoms with E-state index in [0.717, 1.165) is 24.5 Å². The van der Waals surface area contributed by atoms with Gasteiger partial charge in [-0.15, -0.1) is 0 Å². The molecular weight excluding hydrogens is 268 g/mol. The third kappa shape index (κ3) is 4.97. The third-order valence-electron chi connectivity index (χ3n) is 3.25. The molecule has 21 heavy (non-hydrogen) atoms. The lowest BCUT2D eigenvalue weighted by molar-refractivity contribution is 0.0291. The molecule has 6 nitrogen and oxygen atoms in total. The Kier molecular flexibility index (Phi) is 4.77. The Hall–Kier alpha value is -1.69. The standard InChI is InChI=1S/C15H24N4O2/c1-11-16-7-5-12(18-11)9-17-13-6-8-19(10-13)14(20)21-15(2,3)4/h5,7,13,17H,6,8-10H2,1-4H3. The first-order valence-corrected chi connectivity index (χ1v) is 7.33. The summed E-state index contributed by atoms with van der Waals surface area (Å²) in [7, 11) is 0. The lowest BCUT2D eigenvalue weighted by Gasteiger charge is -2.24. The van der Waals surface area contributed by atoms with Crippen molar-refractivity contribution in [1.82, 2.24) is 20.2 Å². The number of carbonyl (C=O) groups is 1. The first-order chi connectivity index (χ1) is 9.83. The summed E-state index contributed by atoms with van der Waals surface area (Å²) < 4.78 is 5.39. The maximum Gasteiger partial charge on any atom is 0.410 e. The van der Waals surface area contributed by atoms with Gasteiger partial charge in [-0.1, -0.05) is 0 Å². The molecule has 1 N–H and O–H groups in total. The minimum Gasteiger partial charge on any atom is -0.444 e. The molecular formula is C15H24N4O2. The fourth-order valence-corrected chi connectivity index (χ4v) is 2.27. The van der Waals surface area contributed by atoms with Gasteiger partial charge in [0.2, 0.25) is 0 Å². The van der Waals surface area contributed by atoms with Crippen LogP contribution in [0.4, 0.5) is 4.79 Å². The predicted octanol–water partition coefficient (Wildman–Crippen LogP) is 1.88. The third-order valence-corrected chi connectivity index (χ3v) is 3.25. The summed E-state index contributed by atoms with van der Waals surface area (Å²) in [6.07, 6.45) is 2.47. The molecule has 0 aliphatic carbocycles. The average Bonchev–Trinajstić information content (AvgIpc) is 2.83. The van der Waals surface area contributed by atoms with Crippen LogP contribution in [0.25, 0.3) is 0 Å². The highest BCUT2D eigenvalue weighted by atomic mass is 16.6. The van der Waals surface area contributed by atoms with Crippen molar-refractivity contribution in [2.75, 3.05) is 13.1 Å². The van der Waals surface area contributed by atoms with Gasteiger partial charge in [-0.05, 0) is 40.2 Å². The monoisotopic (exact) mass is 292 g/mol. The van der Waals surface area contributed by atoms with Gasteiger partial charge in [0.1, 0.15) is 11.4 Å². The molecule has 6 heteroatoms. The Bertz CT molecular complexity index is 499. The number of rotatable bonds is 3. The van der Waals surface area contributed by atoms with Crippen molar-refractivity contribution in [2.45, 2.75) is 52.3 Å². The molecule has 0 bridgehead atoms. The fourth-order valence-electron chi connectivity index (χ4n) is 2.27. The van der Waals surface area contributed by atoms with Crippen molar-refractivity contribution < 1.29 is 9.53 Å². The highest BCUT2D eigenvalue weighted by Crippen LogP contribution is 2.15. The second-order valence-corrected chi connectivity index (χ2v) is 6.39. The highest BCUT2D eigenvalue weighted by molar-refractivity contribution is 5.68. The second-order valence-electron chi connectivity index (χ2n) is 6.39. The minimum absolute atomic E-state index is 0.232. The number of carbonyl (C=O) groups excluding carboxylic acids is 1. The molecule has 0 aromatic carbocycles. The number of hydrogen-bond donors (Lipinski definition) is 1. The van der Waals surface area contributed by atoms with Crippen molar-refractivity contribution in [3.8, 4) is 0 Å². The Labute approximate surface area is 125 Å². The van der Waals surface area contributed by atoms with Crippen molar-refractivity contribution in [1.29, 1.82) is 0 Å². The van der Waals surface area contributed by atoms with Gasteiger partial charge < -0.3 is 15.0 Å². The summed E-state index contributed by atoms with van der Waals surface area (Å²) in [6.45, 7) is 9.63. The van der Waals surface area contributed by atoms with E-state index in [1.807, 2.05) is 33.8 Å². The zero-order valence-electron chi connectivity index (χ0n) is 13.2. The van der Waals surface area contributed by atoms with Crippen molar-refractivity contribution in [2.24, 2.45) is 0 Å². The maximum atomic E-state index is 12.0. The van der Waals surface area contributed by atoms with Gasteiger partial charge in [0.05, 0.1) is 5.69 Å². The van der Waals surface area contributed by atoms with Gasteiger partial charge in [0.25, 0.3) is 0 Å². The normalized spacial score (nSPS) is 18.9. The van der Waals surface area contributed by atoms with Gasteiger partial charge in [-0.2, -0.15) is 0 Å². The molecule has 1 aromatic rings. The summed E-state index contributed by atoms with van der Waals surface area (Å²) in [5.41, 5.74) is 0.527. The quantitative estimate of drug-likeness (QED) is 0.921. The van der Waals surface area contributed by atoms with Crippen LogP contribution < -0.4 is 5.32 Å².